The molecule has 0 bridgehead atoms. The van der Waals surface area contributed by atoms with Crippen molar-refractivity contribution in [2.24, 2.45) is 10.8 Å². The lowest BCUT2D eigenvalue weighted by molar-refractivity contribution is 0.105. The number of hydrogen-bond acceptors (Lipinski definition) is 2. The first-order valence-electron chi connectivity index (χ1n) is 7.17. The van der Waals surface area contributed by atoms with Crippen molar-refractivity contribution in [3.63, 3.8) is 0 Å². The van der Waals surface area contributed by atoms with E-state index in [-0.39, 0.29) is 0 Å². The van der Waals surface area contributed by atoms with E-state index < -0.39 is 0 Å². The number of nitriles is 1. The van der Waals surface area contributed by atoms with Crippen LogP contribution in [0.1, 0.15) is 52.5 Å². The highest BCUT2D eigenvalue weighted by molar-refractivity contribution is 9.10. The van der Waals surface area contributed by atoms with Crippen molar-refractivity contribution in [1.82, 2.24) is 0 Å². The minimum Gasteiger partial charge on any atom is -0.381 e. The van der Waals surface area contributed by atoms with Gasteiger partial charge in [-0.25, -0.2) is 0 Å². The summed E-state index contributed by atoms with van der Waals surface area (Å²) in [7, 11) is 0. The van der Waals surface area contributed by atoms with Crippen molar-refractivity contribution in [3.05, 3.63) is 28.2 Å². The molecular weight excluding hydrogens is 312 g/mol. The molecule has 0 amide bonds. The Kier molecular flexibility index (Phi) is 4.16. The number of nitrogens with one attached hydrogen (secondary N) is 1. The van der Waals surface area contributed by atoms with Gasteiger partial charge in [-0.15, -0.1) is 0 Å². The van der Waals surface area contributed by atoms with Crippen molar-refractivity contribution >= 4 is 21.6 Å². The molecule has 1 N–H and O–H groups in total. The van der Waals surface area contributed by atoms with Gasteiger partial charge >= 0.3 is 0 Å². The molecule has 0 radical (unpaired) electrons. The van der Waals surface area contributed by atoms with Crippen LogP contribution in [0.4, 0.5) is 5.69 Å². The Bertz CT molecular complexity index is 524. The Balaban J connectivity index is 2.20. The molecule has 1 saturated carbocycles. The molecule has 1 aliphatic carbocycles. The Hall–Kier alpha value is -1.01. The second-order valence-electron chi connectivity index (χ2n) is 7.56. The zero-order valence-electron chi connectivity index (χ0n) is 12.8. The summed E-state index contributed by atoms with van der Waals surface area (Å²) < 4.78 is 0.948. The fraction of sp³-hybridized carbons (Fsp3) is 0.588. The molecule has 0 saturated heterocycles. The van der Waals surface area contributed by atoms with Gasteiger partial charge in [0.05, 0.1) is 11.3 Å². The number of anilines is 1. The van der Waals surface area contributed by atoms with Gasteiger partial charge in [-0.1, -0.05) is 43.6 Å². The van der Waals surface area contributed by atoms with Gasteiger partial charge in [-0.05, 0) is 48.3 Å². The number of benzene rings is 1. The summed E-state index contributed by atoms with van der Waals surface area (Å²) in [5.74, 6) is 0. The largest absolute Gasteiger partial charge is 0.381 e. The van der Waals surface area contributed by atoms with E-state index in [1.807, 2.05) is 18.2 Å². The van der Waals surface area contributed by atoms with Crippen LogP contribution in [0, 0.1) is 22.2 Å². The number of rotatable bonds is 2. The highest BCUT2D eigenvalue weighted by atomic mass is 79.9. The first-order valence-corrected chi connectivity index (χ1v) is 7.96. The van der Waals surface area contributed by atoms with Crippen molar-refractivity contribution in [1.29, 1.82) is 5.26 Å². The first-order chi connectivity index (χ1) is 9.21. The van der Waals surface area contributed by atoms with Crippen LogP contribution in [-0.4, -0.2) is 6.04 Å². The Morgan fingerprint density at radius 2 is 1.80 bits per heavy atom. The number of halogens is 1. The smallest absolute Gasteiger partial charge is 0.101 e. The Morgan fingerprint density at radius 3 is 2.35 bits per heavy atom. The predicted molar refractivity (Wildman–Crippen MR) is 87.7 cm³/mol. The minimum atomic E-state index is 0.349. The molecule has 0 spiro atoms. The molecule has 0 unspecified atom stereocenters. The van der Waals surface area contributed by atoms with Crippen molar-refractivity contribution in [3.8, 4) is 6.07 Å². The van der Waals surface area contributed by atoms with Crippen molar-refractivity contribution in [2.45, 2.75) is 53.0 Å². The van der Waals surface area contributed by atoms with Crippen LogP contribution in [0.3, 0.4) is 0 Å². The van der Waals surface area contributed by atoms with E-state index in [0.717, 1.165) is 23.0 Å². The summed E-state index contributed by atoms with van der Waals surface area (Å²) in [4.78, 5) is 0. The van der Waals surface area contributed by atoms with Crippen LogP contribution in [0.15, 0.2) is 22.7 Å². The van der Waals surface area contributed by atoms with Crippen molar-refractivity contribution < 1.29 is 0 Å². The van der Waals surface area contributed by atoms with Crippen LogP contribution >= 0.6 is 15.9 Å². The summed E-state index contributed by atoms with van der Waals surface area (Å²) in [5.41, 5.74) is 2.36. The number of hydrogen-bond donors (Lipinski definition) is 1. The highest BCUT2D eigenvalue weighted by Gasteiger charge is 2.38. The molecular formula is C17H23BrN2. The molecule has 1 aliphatic rings. The molecule has 2 rings (SSSR count). The van der Waals surface area contributed by atoms with Crippen LogP contribution in [0.25, 0.3) is 0 Å². The summed E-state index contributed by atoms with van der Waals surface area (Å²) in [6, 6.07) is 8.57. The molecule has 1 aromatic rings. The summed E-state index contributed by atoms with van der Waals surface area (Å²) in [6.45, 7) is 9.37. The van der Waals surface area contributed by atoms with Crippen LogP contribution < -0.4 is 5.32 Å². The van der Waals surface area contributed by atoms with Gasteiger partial charge < -0.3 is 5.32 Å². The van der Waals surface area contributed by atoms with E-state index in [0.29, 0.717) is 22.4 Å². The monoisotopic (exact) mass is 334 g/mol. The van der Waals surface area contributed by atoms with Gasteiger partial charge in [0, 0.05) is 10.5 Å². The Labute approximate surface area is 130 Å². The predicted octanol–water partition coefficient (Wildman–Crippen LogP) is 5.34. The molecule has 0 aromatic heterocycles. The molecule has 0 atom stereocenters. The van der Waals surface area contributed by atoms with Crippen LogP contribution in [0.2, 0.25) is 0 Å². The Morgan fingerprint density at radius 1 is 1.20 bits per heavy atom. The third kappa shape index (κ3) is 3.76. The van der Waals surface area contributed by atoms with Gasteiger partial charge in [-0.3, -0.25) is 0 Å². The zero-order valence-corrected chi connectivity index (χ0v) is 14.3. The van der Waals surface area contributed by atoms with E-state index in [1.165, 1.54) is 6.42 Å². The van der Waals surface area contributed by atoms with Crippen LogP contribution in [-0.2, 0) is 0 Å². The SMILES string of the molecule is CC1(C)CC(Nc2ccc(Br)cc2C#N)CC(C)(C)C1. The second kappa shape index (κ2) is 5.41. The molecule has 0 heterocycles. The van der Waals surface area contributed by atoms with Crippen molar-refractivity contribution in [2.75, 3.05) is 5.32 Å². The second-order valence-corrected chi connectivity index (χ2v) is 8.47. The van der Waals surface area contributed by atoms with E-state index >= 15 is 0 Å². The zero-order chi connectivity index (χ0) is 15.0. The molecule has 0 aliphatic heterocycles. The van der Waals surface area contributed by atoms with E-state index in [4.69, 9.17) is 0 Å². The maximum atomic E-state index is 9.27. The topological polar surface area (TPSA) is 35.8 Å². The summed E-state index contributed by atoms with van der Waals surface area (Å²) in [5, 5.41) is 12.9. The fourth-order valence-corrected chi connectivity index (χ4v) is 4.26. The molecule has 1 fully saturated rings. The maximum Gasteiger partial charge on any atom is 0.101 e. The highest BCUT2D eigenvalue weighted by Crippen LogP contribution is 2.46. The van der Waals surface area contributed by atoms with Gasteiger partial charge in [0.2, 0.25) is 0 Å². The molecule has 1 aromatic carbocycles. The minimum absolute atomic E-state index is 0.349. The average molecular weight is 335 g/mol. The van der Waals surface area contributed by atoms with Gasteiger partial charge in [0.25, 0.3) is 0 Å². The molecule has 2 nitrogen and oxygen atoms in total. The standard InChI is InChI=1S/C17H23BrN2/c1-16(2)8-14(9-17(3,4)11-16)20-15-6-5-13(18)7-12(15)10-19/h5-7,14,20H,8-9,11H2,1-4H3. The average Bonchev–Trinajstić information content (AvgIpc) is 2.27. The van der Waals surface area contributed by atoms with E-state index in [2.05, 4.69) is 55.0 Å². The normalized spacial score (nSPS) is 21.2. The molecule has 108 valence electrons. The van der Waals surface area contributed by atoms with E-state index in [9.17, 15) is 5.26 Å². The third-order valence-electron chi connectivity index (χ3n) is 4.02. The lowest BCUT2D eigenvalue weighted by atomic mass is 9.63. The maximum absolute atomic E-state index is 9.27. The number of nitrogens with zero attached hydrogens (tertiary/aromatic N) is 1. The third-order valence-corrected chi connectivity index (χ3v) is 4.51. The van der Waals surface area contributed by atoms with Gasteiger partial charge in [0.1, 0.15) is 6.07 Å². The fourth-order valence-electron chi connectivity index (χ4n) is 3.90. The lowest BCUT2D eigenvalue weighted by Gasteiger charge is -2.45. The van der Waals surface area contributed by atoms with Gasteiger partial charge in [-0.2, -0.15) is 5.26 Å². The summed E-state index contributed by atoms with van der Waals surface area (Å²) >= 11 is 3.42. The lowest BCUT2D eigenvalue weighted by Crippen LogP contribution is -2.40. The first kappa shape index (κ1) is 15.4. The quantitative estimate of drug-likeness (QED) is 0.792. The summed E-state index contributed by atoms with van der Waals surface area (Å²) in [6.07, 6.45) is 3.55. The molecule has 20 heavy (non-hydrogen) atoms. The van der Waals surface area contributed by atoms with Crippen LogP contribution in [0.5, 0.6) is 0 Å². The molecule has 3 heteroatoms. The van der Waals surface area contributed by atoms with E-state index in [1.54, 1.807) is 0 Å². The van der Waals surface area contributed by atoms with Gasteiger partial charge in [0.15, 0.2) is 0 Å².